The summed E-state index contributed by atoms with van der Waals surface area (Å²) in [5.41, 5.74) is 0. The van der Waals surface area contributed by atoms with Gasteiger partial charge >= 0.3 is 0 Å². The van der Waals surface area contributed by atoms with Crippen LogP contribution in [0.1, 0.15) is 36.8 Å². The molecule has 1 aliphatic heterocycles. The number of aromatic nitrogens is 5. The summed E-state index contributed by atoms with van der Waals surface area (Å²) in [6.07, 6.45) is 1.26. The minimum atomic E-state index is -4.05. The first-order valence-electron chi connectivity index (χ1n) is 10.5. The maximum atomic E-state index is 13.3. The molecular weight excluding hydrogens is 492 g/mol. The second-order valence-electron chi connectivity index (χ2n) is 7.52. The van der Waals surface area contributed by atoms with Gasteiger partial charge in [-0.05, 0) is 6.92 Å². The number of hydrogen-bond donors (Lipinski definition) is 1. The first-order chi connectivity index (χ1) is 16.3. The molecular formula is C19H29ClN6O7S. The molecule has 34 heavy (non-hydrogen) atoms. The molecule has 3 heterocycles. The van der Waals surface area contributed by atoms with Gasteiger partial charge in [0.15, 0.2) is 11.6 Å². The molecule has 0 unspecified atom stereocenters. The van der Waals surface area contributed by atoms with Crippen molar-refractivity contribution in [2.75, 3.05) is 59.1 Å². The molecule has 0 spiro atoms. The summed E-state index contributed by atoms with van der Waals surface area (Å²) < 4.78 is 58.2. The van der Waals surface area contributed by atoms with Crippen LogP contribution in [0.2, 0.25) is 5.02 Å². The van der Waals surface area contributed by atoms with Gasteiger partial charge in [-0.1, -0.05) is 11.6 Å². The molecule has 0 bridgehead atoms. The Bertz CT molecular complexity index is 1010. The van der Waals surface area contributed by atoms with E-state index >= 15 is 0 Å². The van der Waals surface area contributed by atoms with Crippen LogP contribution in [0.15, 0.2) is 12.4 Å². The minimum absolute atomic E-state index is 0.0120. The lowest BCUT2D eigenvalue weighted by Gasteiger charge is -2.27. The highest BCUT2D eigenvalue weighted by Gasteiger charge is 2.36. The third-order valence-electron chi connectivity index (χ3n) is 5.21. The van der Waals surface area contributed by atoms with E-state index in [9.17, 15) is 8.42 Å². The third-order valence-corrected chi connectivity index (χ3v) is 7.10. The van der Waals surface area contributed by atoms with E-state index in [4.69, 9.17) is 35.3 Å². The molecule has 1 fully saturated rings. The maximum absolute atomic E-state index is 13.3. The molecule has 190 valence electrons. The van der Waals surface area contributed by atoms with Gasteiger partial charge in [-0.2, -0.15) is 0 Å². The Balaban J connectivity index is 1.94. The lowest BCUT2D eigenvalue weighted by Crippen LogP contribution is -2.35. The lowest BCUT2D eigenvalue weighted by atomic mass is 10.2. The van der Waals surface area contributed by atoms with Gasteiger partial charge in [-0.15, -0.1) is 10.2 Å². The van der Waals surface area contributed by atoms with E-state index in [0.717, 1.165) is 0 Å². The standard InChI is InChI=1S/C19H29ClN6O7S/c1-12(16(31-4)17-21-7-13(20)8-22-17)34(27,28)25-19-24-23-18(15-11-32-5-6-33-15)26(19)14(9-29-2)10-30-3/h7-8,12,14-16H,5-6,9-11H2,1-4H3,(H,24,25)/t12-,15-,16-/m0/s1. The number of rotatable bonds is 12. The van der Waals surface area contributed by atoms with Crippen molar-refractivity contribution in [1.29, 1.82) is 0 Å². The summed E-state index contributed by atoms with van der Waals surface area (Å²) in [6, 6.07) is -0.434. The summed E-state index contributed by atoms with van der Waals surface area (Å²) in [7, 11) is 0.398. The fourth-order valence-corrected chi connectivity index (χ4v) is 4.77. The third kappa shape index (κ3) is 6.19. The van der Waals surface area contributed by atoms with Crippen LogP contribution < -0.4 is 4.72 Å². The number of hydrogen-bond acceptors (Lipinski definition) is 11. The summed E-state index contributed by atoms with van der Waals surface area (Å²) in [4.78, 5) is 8.19. The van der Waals surface area contributed by atoms with Gasteiger partial charge < -0.3 is 23.7 Å². The fourth-order valence-electron chi connectivity index (χ4n) is 3.53. The Labute approximate surface area is 203 Å². The minimum Gasteiger partial charge on any atom is -0.382 e. The van der Waals surface area contributed by atoms with Crippen LogP contribution in [0.25, 0.3) is 0 Å². The number of anilines is 1. The van der Waals surface area contributed by atoms with Crippen molar-refractivity contribution in [3.8, 4) is 0 Å². The zero-order valence-corrected chi connectivity index (χ0v) is 21.0. The summed E-state index contributed by atoms with van der Waals surface area (Å²) >= 11 is 5.85. The Morgan fingerprint density at radius 2 is 1.85 bits per heavy atom. The van der Waals surface area contributed by atoms with E-state index in [1.54, 1.807) is 4.57 Å². The average Bonchev–Trinajstić information content (AvgIpc) is 3.23. The topological polar surface area (TPSA) is 149 Å². The van der Waals surface area contributed by atoms with Gasteiger partial charge in [0.2, 0.25) is 16.0 Å². The summed E-state index contributed by atoms with van der Waals surface area (Å²) in [5, 5.41) is 7.53. The van der Waals surface area contributed by atoms with E-state index in [1.807, 2.05) is 0 Å². The van der Waals surface area contributed by atoms with E-state index < -0.39 is 33.5 Å². The fraction of sp³-hybridized carbons (Fsp3) is 0.684. The number of methoxy groups -OCH3 is 3. The Morgan fingerprint density at radius 1 is 1.18 bits per heavy atom. The van der Waals surface area contributed by atoms with Crippen molar-refractivity contribution in [1.82, 2.24) is 24.7 Å². The molecule has 15 heteroatoms. The van der Waals surface area contributed by atoms with Gasteiger partial charge in [0.05, 0.1) is 44.1 Å². The zero-order chi connectivity index (χ0) is 24.7. The molecule has 0 aromatic carbocycles. The van der Waals surface area contributed by atoms with Gasteiger partial charge in [0, 0.05) is 33.7 Å². The monoisotopic (exact) mass is 520 g/mol. The number of nitrogens with one attached hydrogen (secondary N) is 1. The highest BCUT2D eigenvalue weighted by molar-refractivity contribution is 7.93. The van der Waals surface area contributed by atoms with Gasteiger partial charge in [-0.3, -0.25) is 9.29 Å². The van der Waals surface area contributed by atoms with Crippen molar-refractivity contribution >= 4 is 27.6 Å². The van der Waals surface area contributed by atoms with Crippen LogP contribution >= 0.6 is 11.6 Å². The zero-order valence-electron chi connectivity index (χ0n) is 19.4. The SMILES string of the molecule is COCC(COC)n1c(NS(=O)(=O)[C@@H](C)[C@H](OC)c2ncc(Cl)cn2)nnc1[C@@H]1COCCO1. The Kier molecular flexibility index (Phi) is 9.53. The number of halogens is 1. The summed E-state index contributed by atoms with van der Waals surface area (Å²) in [6.45, 7) is 3.02. The molecule has 1 saturated heterocycles. The van der Waals surface area contributed by atoms with Gasteiger partial charge in [0.1, 0.15) is 17.5 Å². The number of sulfonamides is 1. The lowest BCUT2D eigenvalue weighted by molar-refractivity contribution is -0.0957. The molecule has 1 aliphatic rings. The molecule has 2 aromatic rings. The van der Waals surface area contributed by atoms with E-state index in [2.05, 4.69) is 24.9 Å². The van der Waals surface area contributed by atoms with Crippen LogP contribution in [0.4, 0.5) is 5.95 Å². The van der Waals surface area contributed by atoms with E-state index in [-0.39, 0.29) is 31.6 Å². The molecule has 0 amide bonds. The molecule has 0 saturated carbocycles. The Morgan fingerprint density at radius 3 is 2.41 bits per heavy atom. The molecule has 2 aromatic heterocycles. The smallest absolute Gasteiger partial charge is 0.240 e. The molecule has 0 radical (unpaired) electrons. The number of nitrogens with zero attached hydrogens (tertiary/aromatic N) is 5. The maximum Gasteiger partial charge on any atom is 0.240 e. The second-order valence-corrected chi connectivity index (χ2v) is 9.99. The second kappa shape index (κ2) is 12.2. The van der Waals surface area contributed by atoms with Crippen molar-refractivity contribution in [2.45, 2.75) is 30.4 Å². The van der Waals surface area contributed by atoms with Crippen LogP contribution in [-0.4, -0.2) is 92.8 Å². The largest absolute Gasteiger partial charge is 0.382 e. The van der Waals surface area contributed by atoms with Crippen molar-refractivity contribution < 1.29 is 32.1 Å². The quantitative estimate of drug-likeness (QED) is 0.429. The molecule has 13 nitrogen and oxygen atoms in total. The highest BCUT2D eigenvalue weighted by Crippen LogP contribution is 2.29. The van der Waals surface area contributed by atoms with E-state index in [1.165, 1.54) is 40.6 Å². The molecule has 3 rings (SSSR count). The first-order valence-corrected chi connectivity index (χ1v) is 12.4. The number of ether oxygens (including phenoxy) is 5. The van der Waals surface area contributed by atoms with Crippen molar-refractivity contribution in [2.24, 2.45) is 0 Å². The highest BCUT2D eigenvalue weighted by atomic mass is 35.5. The van der Waals surface area contributed by atoms with Crippen molar-refractivity contribution in [3.63, 3.8) is 0 Å². The Hall–Kier alpha value is -1.94. The van der Waals surface area contributed by atoms with Gasteiger partial charge in [-0.25, -0.2) is 18.4 Å². The predicted octanol–water partition coefficient (Wildman–Crippen LogP) is 1.16. The average molecular weight is 521 g/mol. The van der Waals surface area contributed by atoms with Crippen LogP contribution in [0, 0.1) is 0 Å². The normalized spacial score (nSPS) is 18.7. The first kappa shape index (κ1) is 26.7. The molecule has 3 atom stereocenters. The van der Waals surface area contributed by atoms with Crippen LogP contribution in [0.3, 0.4) is 0 Å². The predicted molar refractivity (Wildman–Crippen MR) is 121 cm³/mol. The molecule has 1 N–H and O–H groups in total. The van der Waals surface area contributed by atoms with Gasteiger partial charge in [0.25, 0.3) is 0 Å². The summed E-state index contributed by atoms with van der Waals surface area (Å²) in [5.74, 6) is 0.562. The van der Waals surface area contributed by atoms with E-state index in [0.29, 0.717) is 24.1 Å². The van der Waals surface area contributed by atoms with Crippen LogP contribution in [-0.2, 0) is 33.7 Å². The van der Waals surface area contributed by atoms with Crippen LogP contribution in [0.5, 0.6) is 0 Å². The molecule has 0 aliphatic carbocycles. The van der Waals surface area contributed by atoms with Crippen molar-refractivity contribution in [3.05, 3.63) is 29.1 Å².